The van der Waals surface area contributed by atoms with Gasteiger partial charge in [0.1, 0.15) is 6.54 Å². The van der Waals surface area contributed by atoms with Crippen LogP contribution < -0.4 is 0 Å². The van der Waals surface area contributed by atoms with Crippen molar-refractivity contribution in [3.63, 3.8) is 0 Å². The van der Waals surface area contributed by atoms with Crippen molar-refractivity contribution in [3.05, 3.63) is 12.8 Å². The van der Waals surface area contributed by atoms with Gasteiger partial charge in [-0.05, 0) is 6.92 Å². The first-order valence-electron chi connectivity index (χ1n) is 2.94. The minimum Gasteiger partial charge on any atom is -0.480 e. The van der Waals surface area contributed by atoms with E-state index < -0.39 is 5.97 Å². The van der Waals surface area contributed by atoms with Gasteiger partial charge in [0, 0.05) is 6.20 Å². The molecule has 0 heterocycles. The summed E-state index contributed by atoms with van der Waals surface area (Å²) >= 11 is 0. The fraction of sp³-hybridized carbons (Fsp3) is 0.500. The highest BCUT2D eigenvalue weighted by Crippen LogP contribution is 1.88. The Balaban J connectivity index is 3.59. The lowest BCUT2D eigenvalue weighted by Crippen LogP contribution is -2.24. The zero-order chi connectivity index (χ0) is 7.98. The van der Waals surface area contributed by atoms with Gasteiger partial charge in [-0.25, -0.2) is 0 Å². The summed E-state index contributed by atoms with van der Waals surface area (Å²) in [5.74, 6) is -0.937. The number of hydroxylamine groups is 2. The maximum atomic E-state index is 10.1. The average Bonchev–Trinajstić information content (AvgIpc) is 1.86. The fourth-order valence-corrected chi connectivity index (χ4v) is 0.462. The highest BCUT2D eigenvalue weighted by molar-refractivity contribution is 5.69. The molecule has 0 fully saturated rings. The largest absolute Gasteiger partial charge is 0.480 e. The van der Waals surface area contributed by atoms with Gasteiger partial charge < -0.3 is 5.11 Å². The highest BCUT2D eigenvalue weighted by atomic mass is 16.7. The van der Waals surface area contributed by atoms with Crippen LogP contribution in [0.4, 0.5) is 0 Å². The molecule has 1 N–H and O–H groups in total. The average molecular weight is 145 g/mol. The van der Waals surface area contributed by atoms with E-state index in [2.05, 4.69) is 6.58 Å². The first-order chi connectivity index (χ1) is 4.70. The Morgan fingerprint density at radius 1 is 1.90 bits per heavy atom. The van der Waals surface area contributed by atoms with E-state index in [1.807, 2.05) is 0 Å². The molecule has 0 atom stereocenters. The number of hydrogen-bond donors (Lipinski definition) is 1. The molecule has 0 aromatic rings. The summed E-state index contributed by atoms with van der Waals surface area (Å²) in [7, 11) is 0. The summed E-state index contributed by atoms with van der Waals surface area (Å²) in [5.41, 5.74) is 0. The highest BCUT2D eigenvalue weighted by Gasteiger charge is 2.02. The van der Waals surface area contributed by atoms with Crippen molar-refractivity contribution in [3.8, 4) is 0 Å². The summed E-state index contributed by atoms with van der Waals surface area (Å²) in [5, 5.41) is 9.44. The molecule has 0 rings (SSSR count). The second-order valence-corrected chi connectivity index (χ2v) is 1.57. The molecular formula is C6H11NO3. The molecule has 58 valence electrons. The van der Waals surface area contributed by atoms with Gasteiger partial charge in [-0.15, -0.1) is 0 Å². The number of carboxylic acids is 1. The van der Waals surface area contributed by atoms with E-state index in [4.69, 9.17) is 9.94 Å². The molecule has 0 aromatic heterocycles. The number of aliphatic carboxylic acids is 1. The zero-order valence-electron chi connectivity index (χ0n) is 5.91. The molecule has 0 unspecified atom stereocenters. The predicted octanol–water partition coefficient (Wildman–Crippen LogP) is 0.468. The Labute approximate surface area is 59.7 Å². The molecule has 4 heteroatoms. The number of nitrogens with zero attached hydrogens (tertiary/aromatic N) is 1. The smallest absolute Gasteiger partial charge is 0.325 e. The van der Waals surface area contributed by atoms with Gasteiger partial charge >= 0.3 is 5.97 Å². The van der Waals surface area contributed by atoms with E-state index >= 15 is 0 Å². The lowest BCUT2D eigenvalue weighted by Gasteiger charge is -2.14. The van der Waals surface area contributed by atoms with Gasteiger partial charge in [-0.1, -0.05) is 6.58 Å². The van der Waals surface area contributed by atoms with E-state index in [1.165, 1.54) is 11.3 Å². The maximum Gasteiger partial charge on any atom is 0.325 e. The lowest BCUT2D eigenvalue weighted by molar-refractivity contribution is -0.156. The molecule has 0 radical (unpaired) electrons. The van der Waals surface area contributed by atoms with E-state index in [-0.39, 0.29) is 6.54 Å². The number of rotatable bonds is 5. The van der Waals surface area contributed by atoms with Crippen LogP contribution in [0.2, 0.25) is 0 Å². The summed E-state index contributed by atoms with van der Waals surface area (Å²) < 4.78 is 0. The third-order valence-electron chi connectivity index (χ3n) is 0.790. The quantitative estimate of drug-likeness (QED) is 0.571. The Morgan fingerprint density at radius 3 is 2.80 bits per heavy atom. The maximum absolute atomic E-state index is 10.1. The van der Waals surface area contributed by atoms with Crippen molar-refractivity contribution in [1.82, 2.24) is 5.06 Å². The number of carbonyl (C=O) groups is 1. The van der Waals surface area contributed by atoms with Gasteiger partial charge in [0.25, 0.3) is 0 Å². The molecule has 0 aliphatic carbocycles. The molecule has 4 nitrogen and oxygen atoms in total. The van der Waals surface area contributed by atoms with Crippen molar-refractivity contribution in [2.75, 3.05) is 13.2 Å². The van der Waals surface area contributed by atoms with Crippen LogP contribution >= 0.6 is 0 Å². The van der Waals surface area contributed by atoms with Crippen LogP contribution in [0.3, 0.4) is 0 Å². The molecule has 0 spiro atoms. The van der Waals surface area contributed by atoms with Crippen molar-refractivity contribution in [2.45, 2.75) is 6.92 Å². The summed E-state index contributed by atoms with van der Waals surface area (Å²) in [4.78, 5) is 14.9. The molecule has 0 aliphatic heterocycles. The SMILES string of the molecule is C=CN(CC(=O)O)OCC. The Kier molecular flexibility index (Phi) is 4.32. The third-order valence-corrected chi connectivity index (χ3v) is 0.790. The van der Waals surface area contributed by atoms with Crippen LogP contribution in [0.5, 0.6) is 0 Å². The van der Waals surface area contributed by atoms with Crippen LogP contribution in [0, 0.1) is 0 Å². The van der Waals surface area contributed by atoms with E-state index in [1.54, 1.807) is 6.92 Å². The minimum absolute atomic E-state index is 0.169. The molecule has 0 amide bonds. The Bertz CT molecular complexity index is 124. The Hall–Kier alpha value is -1.03. The molecule has 0 saturated carbocycles. The second kappa shape index (κ2) is 4.81. The van der Waals surface area contributed by atoms with Crippen LogP contribution in [-0.4, -0.2) is 29.3 Å². The normalized spacial score (nSPS) is 8.90. The van der Waals surface area contributed by atoms with Crippen molar-refractivity contribution in [1.29, 1.82) is 0 Å². The molecular weight excluding hydrogens is 134 g/mol. The lowest BCUT2D eigenvalue weighted by atomic mass is 10.6. The summed E-state index contributed by atoms with van der Waals surface area (Å²) in [6, 6.07) is 0. The van der Waals surface area contributed by atoms with Gasteiger partial charge in [-0.3, -0.25) is 14.7 Å². The van der Waals surface area contributed by atoms with Crippen LogP contribution in [0.1, 0.15) is 6.92 Å². The predicted molar refractivity (Wildman–Crippen MR) is 36.2 cm³/mol. The fourth-order valence-electron chi connectivity index (χ4n) is 0.462. The monoisotopic (exact) mass is 145 g/mol. The molecule has 0 aliphatic rings. The van der Waals surface area contributed by atoms with E-state index in [9.17, 15) is 4.79 Å². The second-order valence-electron chi connectivity index (χ2n) is 1.57. The molecule has 0 aromatic carbocycles. The minimum atomic E-state index is -0.937. The first kappa shape index (κ1) is 8.97. The summed E-state index contributed by atoms with van der Waals surface area (Å²) in [6.45, 7) is 5.42. The number of hydrogen-bond acceptors (Lipinski definition) is 3. The summed E-state index contributed by atoms with van der Waals surface area (Å²) in [6.07, 6.45) is 1.33. The topological polar surface area (TPSA) is 49.8 Å². The van der Waals surface area contributed by atoms with E-state index in [0.717, 1.165) is 0 Å². The van der Waals surface area contributed by atoms with Crippen molar-refractivity contribution in [2.24, 2.45) is 0 Å². The van der Waals surface area contributed by atoms with Crippen molar-refractivity contribution >= 4 is 5.97 Å². The third kappa shape index (κ3) is 3.91. The van der Waals surface area contributed by atoms with Gasteiger partial charge in [0.15, 0.2) is 0 Å². The van der Waals surface area contributed by atoms with Crippen LogP contribution in [0.15, 0.2) is 12.8 Å². The van der Waals surface area contributed by atoms with Gasteiger partial charge in [-0.2, -0.15) is 0 Å². The van der Waals surface area contributed by atoms with E-state index in [0.29, 0.717) is 6.61 Å². The van der Waals surface area contributed by atoms with Crippen LogP contribution in [-0.2, 0) is 9.63 Å². The Morgan fingerprint density at radius 2 is 2.50 bits per heavy atom. The van der Waals surface area contributed by atoms with Crippen molar-refractivity contribution < 1.29 is 14.7 Å². The standard InChI is InChI=1S/C6H11NO3/c1-3-7(10-4-2)5-6(8)9/h3H,1,4-5H2,2H3,(H,8,9). The van der Waals surface area contributed by atoms with Gasteiger partial charge in [0.2, 0.25) is 0 Å². The number of carboxylic acid groups (broad SMARTS) is 1. The zero-order valence-corrected chi connectivity index (χ0v) is 5.91. The molecule has 10 heavy (non-hydrogen) atoms. The molecule has 0 bridgehead atoms. The van der Waals surface area contributed by atoms with Gasteiger partial charge in [0.05, 0.1) is 6.61 Å². The first-order valence-corrected chi connectivity index (χ1v) is 2.94. The van der Waals surface area contributed by atoms with Crippen LogP contribution in [0.25, 0.3) is 0 Å². The molecule has 0 saturated heterocycles.